The van der Waals surface area contributed by atoms with Crippen LogP contribution in [0.5, 0.6) is 5.75 Å². The summed E-state index contributed by atoms with van der Waals surface area (Å²) in [5.41, 5.74) is 1.52. The van der Waals surface area contributed by atoms with Crippen LogP contribution in [-0.4, -0.2) is 31.4 Å². The Morgan fingerprint density at radius 1 is 1.38 bits per heavy atom. The number of Topliss-reactive ketones (excluding diaryl/α,β-unsaturated/α-hetero) is 1. The van der Waals surface area contributed by atoms with Gasteiger partial charge in [0.25, 0.3) is 0 Å². The van der Waals surface area contributed by atoms with Gasteiger partial charge in [-0.3, -0.25) is 4.79 Å². The van der Waals surface area contributed by atoms with Gasteiger partial charge in [-0.05, 0) is 43.0 Å². The Balaban J connectivity index is 1.94. The standard InChI is InChI=1S/C18H27NO2/c1-18(2)9-8-17(20)15(11-18)13-19(3)12-14-6-5-7-16(10-14)21-4/h5-7,10,15H,8-9,11-13H2,1-4H3. The van der Waals surface area contributed by atoms with Gasteiger partial charge in [-0.1, -0.05) is 26.0 Å². The van der Waals surface area contributed by atoms with Crippen molar-refractivity contribution in [3.05, 3.63) is 29.8 Å². The molecule has 2 rings (SSSR count). The number of methoxy groups -OCH3 is 1. The molecule has 0 aliphatic heterocycles. The van der Waals surface area contributed by atoms with E-state index in [0.29, 0.717) is 11.2 Å². The molecule has 0 heterocycles. The third-order valence-electron chi connectivity index (χ3n) is 4.42. The lowest BCUT2D eigenvalue weighted by Crippen LogP contribution is -2.37. The number of hydrogen-bond donors (Lipinski definition) is 0. The molecule has 21 heavy (non-hydrogen) atoms. The molecule has 0 radical (unpaired) electrons. The van der Waals surface area contributed by atoms with Crippen molar-refractivity contribution in [1.82, 2.24) is 4.90 Å². The van der Waals surface area contributed by atoms with Gasteiger partial charge in [0.15, 0.2) is 0 Å². The first-order valence-corrected chi connectivity index (χ1v) is 7.74. The number of benzene rings is 1. The van der Waals surface area contributed by atoms with Gasteiger partial charge in [0.05, 0.1) is 7.11 Å². The number of ketones is 1. The summed E-state index contributed by atoms with van der Waals surface area (Å²) in [6.07, 6.45) is 2.78. The minimum Gasteiger partial charge on any atom is -0.497 e. The van der Waals surface area contributed by atoms with Gasteiger partial charge < -0.3 is 9.64 Å². The molecule has 0 N–H and O–H groups in total. The number of carbonyl (C=O) groups is 1. The molecule has 1 aliphatic carbocycles. The van der Waals surface area contributed by atoms with E-state index in [1.807, 2.05) is 12.1 Å². The third-order valence-corrected chi connectivity index (χ3v) is 4.42. The summed E-state index contributed by atoms with van der Waals surface area (Å²) in [4.78, 5) is 14.4. The molecule has 0 aromatic heterocycles. The van der Waals surface area contributed by atoms with Gasteiger partial charge in [-0.15, -0.1) is 0 Å². The lowest BCUT2D eigenvalue weighted by molar-refractivity contribution is -0.127. The zero-order chi connectivity index (χ0) is 15.5. The molecular formula is C18H27NO2. The van der Waals surface area contributed by atoms with Crippen LogP contribution >= 0.6 is 0 Å². The molecule has 1 atom stereocenters. The molecule has 1 aliphatic rings. The highest BCUT2D eigenvalue weighted by molar-refractivity contribution is 5.82. The fourth-order valence-corrected chi connectivity index (χ4v) is 3.24. The first kappa shape index (κ1) is 16.0. The lowest BCUT2D eigenvalue weighted by Gasteiger charge is -2.36. The molecule has 1 unspecified atom stereocenters. The van der Waals surface area contributed by atoms with E-state index < -0.39 is 0 Å². The fraction of sp³-hybridized carbons (Fsp3) is 0.611. The van der Waals surface area contributed by atoms with Crippen molar-refractivity contribution in [2.45, 2.75) is 39.7 Å². The van der Waals surface area contributed by atoms with Crippen LogP contribution in [0.4, 0.5) is 0 Å². The van der Waals surface area contributed by atoms with Crippen molar-refractivity contribution < 1.29 is 9.53 Å². The van der Waals surface area contributed by atoms with E-state index in [1.165, 1.54) is 5.56 Å². The predicted octanol–water partition coefficient (Wildman–Crippen LogP) is 3.52. The molecule has 0 amide bonds. The summed E-state index contributed by atoms with van der Waals surface area (Å²) < 4.78 is 5.26. The van der Waals surface area contributed by atoms with Crippen LogP contribution in [0, 0.1) is 11.3 Å². The number of nitrogens with zero attached hydrogens (tertiary/aromatic N) is 1. The van der Waals surface area contributed by atoms with E-state index in [2.05, 4.69) is 37.9 Å². The van der Waals surface area contributed by atoms with Crippen molar-refractivity contribution in [2.24, 2.45) is 11.3 Å². The maximum absolute atomic E-state index is 12.1. The van der Waals surface area contributed by atoms with Crippen LogP contribution in [0.15, 0.2) is 24.3 Å². The zero-order valence-electron chi connectivity index (χ0n) is 13.7. The summed E-state index contributed by atoms with van der Waals surface area (Å²) in [7, 11) is 3.78. The Kier molecular flexibility index (Phi) is 5.04. The molecule has 1 saturated carbocycles. The van der Waals surface area contributed by atoms with Gasteiger partial charge in [0.2, 0.25) is 0 Å². The zero-order valence-corrected chi connectivity index (χ0v) is 13.7. The highest BCUT2D eigenvalue weighted by Gasteiger charge is 2.33. The van der Waals surface area contributed by atoms with E-state index in [4.69, 9.17) is 4.74 Å². The van der Waals surface area contributed by atoms with Gasteiger partial charge in [-0.25, -0.2) is 0 Å². The average Bonchev–Trinajstić information content (AvgIpc) is 2.43. The summed E-state index contributed by atoms with van der Waals surface area (Å²) in [5.74, 6) is 1.51. The van der Waals surface area contributed by atoms with Crippen LogP contribution in [0.1, 0.15) is 38.7 Å². The average molecular weight is 289 g/mol. The van der Waals surface area contributed by atoms with E-state index in [1.54, 1.807) is 7.11 Å². The van der Waals surface area contributed by atoms with Crippen LogP contribution in [0.3, 0.4) is 0 Å². The Morgan fingerprint density at radius 3 is 2.86 bits per heavy atom. The second-order valence-electron chi connectivity index (χ2n) is 7.08. The molecule has 116 valence electrons. The predicted molar refractivity (Wildman–Crippen MR) is 85.5 cm³/mol. The molecule has 3 heteroatoms. The normalized spacial score (nSPS) is 21.6. The summed E-state index contributed by atoms with van der Waals surface area (Å²) >= 11 is 0. The van der Waals surface area contributed by atoms with Crippen molar-refractivity contribution in [1.29, 1.82) is 0 Å². The SMILES string of the molecule is COc1cccc(CN(C)CC2CC(C)(C)CCC2=O)c1. The van der Waals surface area contributed by atoms with Crippen molar-refractivity contribution in [3.8, 4) is 5.75 Å². The Labute approximate surface area is 128 Å². The first-order chi connectivity index (χ1) is 9.89. The molecule has 3 nitrogen and oxygen atoms in total. The number of hydrogen-bond acceptors (Lipinski definition) is 3. The van der Waals surface area contributed by atoms with Gasteiger partial charge in [0.1, 0.15) is 11.5 Å². The highest BCUT2D eigenvalue weighted by Crippen LogP contribution is 2.37. The van der Waals surface area contributed by atoms with Crippen LogP contribution in [-0.2, 0) is 11.3 Å². The lowest BCUT2D eigenvalue weighted by atomic mass is 9.71. The monoisotopic (exact) mass is 289 g/mol. The van der Waals surface area contributed by atoms with Crippen LogP contribution < -0.4 is 4.74 Å². The Bertz CT molecular complexity index is 496. The smallest absolute Gasteiger partial charge is 0.137 e. The topological polar surface area (TPSA) is 29.5 Å². The summed E-state index contributed by atoms with van der Waals surface area (Å²) in [6, 6.07) is 8.13. The Hall–Kier alpha value is -1.35. The van der Waals surface area contributed by atoms with E-state index in [9.17, 15) is 4.79 Å². The first-order valence-electron chi connectivity index (χ1n) is 7.74. The maximum atomic E-state index is 12.1. The van der Waals surface area contributed by atoms with Gasteiger partial charge in [-0.2, -0.15) is 0 Å². The number of carbonyl (C=O) groups excluding carboxylic acids is 1. The van der Waals surface area contributed by atoms with E-state index in [-0.39, 0.29) is 5.92 Å². The molecule has 1 aromatic carbocycles. The van der Waals surface area contributed by atoms with Gasteiger partial charge in [0, 0.05) is 25.4 Å². The van der Waals surface area contributed by atoms with E-state index in [0.717, 1.165) is 38.1 Å². The second-order valence-corrected chi connectivity index (χ2v) is 7.08. The third kappa shape index (κ3) is 4.57. The van der Waals surface area contributed by atoms with E-state index >= 15 is 0 Å². The molecule has 0 bridgehead atoms. The van der Waals surface area contributed by atoms with Crippen molar-refractivity contribution in [3.63, 3.8) is 0 Å². The summed E-state index contributed by atoms with van der Waals surface area (Å²) in [5, 5.41) is 0. The molecule has 0 spiro atoms. The fourth-order valence-electron chi connectivity index (χ4n) is 3.24. The van der Waals surface area contributed by atoms with Crippen LogP contribution in [0.2, 0.25) is 0 Å². The second kappa shape index (κ2) is 6.61. The largest absolute Gasteiger partial charge is 0.497 e. The van der Waals surface area contributed by atoms with Gasteiger partial charge >= 0.3 is 0 Å². The molecule has 1 aromatic rings. The Morgan fingerprint density at radius 2 is 2.14 bits per heavy atom. The van der Waals surface area contributed by atoms with Crippen molar-refractivity contribution in [2.75, 3.05) is 20.7 Å². The highest BCUT2D eigenvalue weighted by atomic mass is 16.5. The minimum atomic E-state index is 0.185. The van der Waals surface area contributed by atoms with Crippen LogP contribution in [0.25, 0.3) is 0 Å². The summed E-state index contributed by atoms with van der Waals surface area (Å²) in [6.45, 7) is 6.24. The molecule has 0 saturated heterocycles. The molecule has 1 fully saturated rings. The van der Waals surface area contributed by atoms with Crippen molar-refractivity contribution >= 4 is 5.78 Å². The number of rotatable bonds is 5. The quantitative estimate of drug-likeness (QED) is 0.830. The number of ether oxygens (including phenoxy) is 1. The molecular weight excluding hydrogens is 262 g/mol. The maximum Gasteiger partial charge on any atom is 0.137 e. The minimum absolute atomic E-state index is 0.185.